The number of pyridine rings is 1. The second-order valence-electron chi connectivity index (χ2n) is 5.15. The van der Waals surface area contributed by atoms with Crippen LogP contribution in [-0.4, -0.2) is 16.0 Å². The molecule has 0 saturated carbocycles. The highest BCUT2D eigenvalue weighted by atomic mass is 32.1. The molecule has 1 atom stereocenters. The van der Waals surface area contributed by atoms with Crippen molar-refractivity contribution in [3.05, 3.63) is 53.7 Å². The number of hydrogen-bond donors (Lipinski definition) is 1. The van der Waals surface area contributed by atoms with E-state index < -0.39 is 0 Å². The summed E-state index contributed by atoms with van der Waals surface area (Å²) in [6.45, 7) is 2.23. The maximum atomic E-state index is 5.73. The van der Waals surface area contributed by atoms with Gasteiger partial charge in [-0.05, 0) is 43.5 Å². The van der Waals surface area contributed by atoms with Crippen LogP contribution in [-0.2, 0) is 6.42 Å². The van der Waals surface area contributed by atoms with Gasteiger partial charge in [0.1, 0.15) is 10.8 Å². The normalized spacial score (nSPS) is 17.6. The summed E-state index contributed by atoms with van der Waals surface area (Å²) in [7, 11) is 0. The van der Waals surface area contributed by atoms with Crippen molar-refractivity contribution in [3.63, 3.8) is 0 Å². The Morgan fingerprint density at radius 2 is 2.15 bits per heavy atom. The standard InChI is InChI=1S/C16H17N3S/c1-11-6-7-12-4-2-3-5-14(12)19(11)15-10-13(16(17)20)8-9-18-15/h2-5,8-11H,6-7H2,1H3,(H2,17,20). The number of fused-ring (bicyclic) bond motifs is 1. The largest absolute Gasteiger partial charge is 0.389 e. The number of rotatable bonds is 2. The van der Waals surface area contributed by atoms with Crippen LogP contribution in [0.2, 0.25) is 0 Å². The van der Waals surface area contributed by atoms with Gasteiger partial charge in [-0.3, -0.25) is 0 Å². The van der Waals surface area contributed by atoms with Crippen LogP contribution in [0.15, 0.2) is 42.6 Å². The number of nitrogens with zero attached hydrogens (tertiary/aromatic N) is 2. The predicted octanol–water partition coefficient (Wildman–Crippen LogP) is 3.19. The summed E-state index contributed by atoms with van der Waals surface area (Å²) in [5, 5.41) is 0. The lowest BCUT2D eigenvalue weighted by Crippen LogP contribution is -2.34. The fraction of sp³-hybridized carbons (Fsp3) is 0.250. The van der Waals surface area contributed by atoms with Crippen LogP contribution in [0.25, 0.3) is 0 Å². The lowest BCUT2D eigenvalue weighted by Gasteiger charge is -2.36. The van der Waals surface area contributed by atoms with Crippen molar-refractivity contribution in [1.29, 1.82) is 0 Å². The molecule has 1 aromatic heterocycles. The van der Waals surface area contributed by atoms with E-state index in [4.69, 9.17) is 18.0 Å². The van der Waals surface area contributed by atoms with Gasteiger partial charge in [-0.15, -0.1) is 0 Å². The van der Waals surface area contributed by atoms with E-state index in [0.29, 0.717) is 11.0 Å². The number of aryl methyl sites for hydroxylation is 1. The van der Waals surface area contributed by atoms with E-state index in [1.165, 1.54) is 11.3 Å². The maximum Gasteiger partial charge on any atom is 0.133 e. The highest BCUT2D eigenvalue weighted by Gasteiger charge is 2.25. The Balaban J connectivity index is 2.09. The summed E-state index contributed by atoms with van der Waals surface area (Å²) < 4.78 is 0. The van der Waals surface area contributed by atoms with Crippen molar-refractivity contribution >= 4 is 28.7 Å². The first-order valence-electron chi connectivity index (χ1n) is 6.80. The minimum absolute atomic E-state index is 0.409. The first-order chi connectivity index (χ1) is 9.66. The van der Waals surface area contributed by atoms with Crippen LogP contribution in [0, 0.1) is 0 Å². The summed E-state index contributed by atoms with van der Waals surface area (Å²) in [4.78, 5) is 7.19. The Morgan fingerprint density at radius 3 is 2.95 bits per heavy atom. The summed E-state index contributed by atoms with van der Waals surface area (Å²) >= 11 is 5.06. The van der Waals surface area contributed by atoms with E-state index in [0.717, 1.165) is 24.2 Å². The number of para-hydroxylation sites is 1. The van der Waals surface area contributed by atoms with Gasteiger partial charge in [-0.1, -0.05) is 30.4 Å². The van der Waals surface area contributed by atoms with Crippen molar-refractivity contribution < 1.29 is 0 Å². The Morgan fingerprint density at radius 1 is 1.35 bits per heavy atom. The van der Waals surface area contributed by atoms with Gasteiger partial charge in [0, 0.05) is 23.5 Å². The second-order valence-corrected chi connectivity index (χ2v) is 5.59. The Hall–Kier alpha value is -1.94. The number of thiocarbonyl (C=S) groups is 1. The van der Waals surface area contributed by atoms with Crippen molar-refractivity contribution in [2.75, 3.05) is 4.90 Å². The van der Waals surface area contributed by atoms with Gasteiger partial charge in [0.25, 0.3) is 0 Å². The third-order valence-corrected chi connectivity index (χ3v) is 4.04. The van der Waals surface area contributed by atoms with Gasteiger partial charge < -0.3 is 10.6 Å². The smallest absolute Gasteiger partial charge is 0.133 e. The molecular formula is C16H17N3S. The van der Waals surface area contributed by atoms with Crippen molar-refractivity contribution in [2.45, 2.75) is 25.8 Å². The monoisotopic (exact) mass is 283 g/mol. The molecule has 3 nitrogen and oxygen atoms in total. The summed E-state index contributed by atoms with van der Waals surface area (Å²) in [5.41, 5.74) is 9.19. The topological polar surface area (TPSA) is 42.1 Å². The number of aromatic nitrogens is 1. The molecule has 0 aliphatic carbocycles. The van der Waals surface area contributed by atoms with Crippen LogP contribution in [0.1, 0.15) is 24.5 Å². The first-order valence-corrected chi connectivity index (χ1v) is 7.20. The number of anilines is 2. The van der Waals surface area contributed by atoms with Crippen molar-refractivity contribution in [1.82, 2.24) is 4.98 Å². The molecule has 102 valence electrons. The highest BCUT2D eigenvalue weighted by molar-refractivity contribution is 7.80. The van der Waals surface area contributed by atoms with Crippen LogP contribution in [0.4, 0.5) is 11.5 Å². The molecule has 2 heterocycles. The molecule has 4 heteroatoms. The molecule has 2 N–H and O–H groups in total. The third-order valence-electron chi connectivity index (χ3n) is 3.80. The average Bonchev–Trinajstić information content (AvgIpc) is 2.47. The Bertz CT molecular complexity index is 654. The van der Waals surface area contributed by atoms with Gasteiger partial charge in [0.2, 0.25) is 0 Å². The first kappa shape index (κ1) is 13.1. The molecule has 20 heavy (non-hydrogen) atoms. The number of hydrogen-bond acceptors (Lipinski definition) is 3. The molecule has 0 spiro atoms. The molecule has 0 radical (unpaired) electrons. The zero-order valence-electron chi connectivity index (χ0n) is 11.4. The Kier molecular flexibility index (Phi) is 3.40. The van der Waals surface area contributed by atoms with Crippen LogP contribution >= 0.6 is 12.2 Å². The minimum atomic E-state index is 0.409. The van der Waals surface area contributed by atoms with E-state index in [2.05, 4.69) is 41.1 Å². The van der Waals surface area contributed by atoms with E-state index in [-0.39, 0.29) is 0 Å². The zero-order chi connectivity index (χ0) is 14.1. The van der Waals surface area contributed by atoms with E-state index in [1.807, 2.05) is 12.1 Å². The maximum absolute atomic E-state index is 5.73. The van der Waals surface area contributed by atoms with Gasteiger partial charge in [-0.2, -0.15) is 0 Å². The predicted molar refractivity (Wildman–Crippen MR) is 86.5 cm³/mol. The highest BCUT2D eigenvalue weighted by Crippen LogP contribution is 2.35. The second kappa shape index (κ2) is 5.21. The van der Waals surface area contributed by atoms with Gasteiger partial charge in [-0.25, -0.2) is 4.98 Å². The Labute approximate surface area is 124 Å². The summed E-state index contributed by atoms with van der Waals surface area (Å²) in [6, 6.07) is 12.7. The fourth-order valence-corrected chi connectivity index (χ4v) is 2.87. The lowest BCUT2D eigenvalue weighted by atomic mass is 9.96. The number of benzene rings is 1. The van der Waals surface area contributed by atoms with E-state index in [9.17, 15) is 0 Å². The summed E-state index contributed by atoms with van der Waals surface area (Å²) in [5.74, 6) is 0.912. The van der Waals surface area contributed by atoms with Gasteiger partial charge in [0.05, 0.1) is 0 Å². The molecule has 0 bridgehead atoms. The molecule has 1 aromatic carbocycles. The molecule has 2 aromatic rings. The van der Waals surface area contributed by atoms with Crippen molar-refractivity contribution in [2.24, 2.45) is 5.73 Å². The van der Waals surface area contributed by atoms with E-state index in [1.54, 1.807) is 6.20 Å². The van der Waals surface area contributed by atoms with Crippen LogP contribution < -0.4 is 10.6 Å². The number of nitrogens with two attached hydrogens (primary N) is 1. The third kappa shape index (κ3) is 2.27. The molecule has 1 aliphatic heterocycles. The molecule has 0 amide bonds. The van der Waals surface area contributed by atoms with Gasteiger partial charge in [0.15, 0.2) is 0 Å². The SMILES string of the molecule is CC1CCc2ccccc2N1c1cc(C(N)=S)ccn1. The van der Waals surface area contributed by atoms with Crippen LogP contribution in [0.3, 0.4) is 0 Å². The fourth-order valence-electron chi connectivity index (χ4n) is 2.74. The zero-order valence-corrected chi connectivity index (χ0v) is 12.2. The van der Waals surface area contributed by atoms with Gasteiger partial charge >= 0.3 is 0 Å². The quantitative estimate of drug-likeness (QED) is 0.860. The molecule has 1 unspecified atom stereocenters. The summed E-state index contributed by atoms with van der Waals surface area (Å²) in [6.07, 6.45) is 4.01. The average molecular weight is 283 g/mol. The van der Waals surface area contributed by atoms with E-state index >= 15 is 0 Å². The lowest BCUT2D eigenvalue weighted by molar-refractivity contribution is 0.613. The minimum Gasteiger partial charge on any atom is -0.389 e. The molecule has 0 saturated heterocycles. The molecule has 3 rings (SSSR count). The van der Waals surface area contributed by atoms with Crippen LogP contribution in [0.5, 0.6) is 0 Å². The molecular weight excluding hydrogens is 266 g/mol. The molecule has 1 aliphatic rings. The molecule has 0 fully saturated rings. The van der Waals surface area contributed by atoms with Crippen molar-refractivity contribution in [3.8, 4) is 0 Å².